The second-order valence-corrected chi connectivity index (χ2v) is 2.88. The molecule has 0 unspecified atom stereocenters. The van der Waals surface area contributed by atoms with Crippen LogP contribution in [-0.4, -0.2) is 6.54 Å². The molecule has 6 heteroatoms. The molecule has 0 saturated heterocycles. The van der Waals surface area contributed by atoms with Crippen LogP contribution in [0.5, 0.6) is 0 Å². The summed E-state index contributed by atoms with van der Waals surface area (Å²) in [5.74, 6) is -0.402. The molecule has 0 saturated carbocycles. The SMILES string of the molecule is Cl.Cl.NC[C@@H](N)c1c(F)cccc1Cl. The number of hydrogen-bond donors (Lipinski definition) is 2. The molecular formula is C8H12Cl3FN2. The van der Waals surface area contributed by atoms with Crippen molar-refractivity contribution in [1.82, 2.24) is 0 Å². The third-order valence-electron chi connectivity index (χ3n) is 1.62. The van der Waals surface area contributed by atoms with Gasteiger partial charge in [0.2, 0.25) is 0 Å². The minimum atomic E-state index is -0.529. The van der Waals surface area contributed by atoms with Crippen molar-refractivity contribution in [2.75, 3.05) is 6.54 Å². The predicted octanol–water partition coefficient (Wildman–Crippen LogP) is 2.28. The molecule has 0 fully saturated rings. The van der Waals surface area contributed by atoms with Crippen molar-refractivity contribution in [2.24, 2.45) is 11.5 Å². The quantitative estimate of drug-likeness (QED) is 0.858. The Labute approximate surface area is 99.6 Å². The molecule has 1 aromatic carbocycles. The van der Waals surface area contributed by atoms with E-state index in [1.54, 1.807) is 6.07 Å². The molecule has 1 rings (SSSR count). The summed E-state index contributed by atoms with van der Waals surface area (Å²) in [7, 11) is 0. The van der Waals surface area contributed by atoms with Crippen molar-refractivity contribution in [3.8, 4) is 0 Å². The minimum absolute atomic E-state index is 0. The van der Waals surface area contributed by atoms with Crippen LogP contribution in [0.15, 0.2) is 18.2 Å². The van der Waals surface area contributed by atoms with Crippen molar-refractivity contribution >= 4 is 36.4 Å². The lowest BCUT2D eigenvalue weighted by molar-refractivity contribution is 0.584. The summed E-state index contributed by atoms with van der Waals surface area (Å²) < 4.78 is 13.1. The van der Waals surface area contributed by atoms with Crippen LogP contribution >= 0.6 is 36.4 Å². The van der Waals surface area contributed by atoms with E-state index in [9.17, 15) is 4.39 Å². The highest BCUT2D eigenvalue weighted by atomic mass is 35.5. The average molecular weight is 262 g/mol. The topological polar surface area (TPSA) is 52.0 Å². The van der Waals surface area contributed by atoms with E-state index in [1.165, 1.54) is 12.1 Å². The fourth-order valence-corrected chi connectivity index (χ4v) is 1.29. The van der Waals surface area contributed by atoms with Crippen LogP contribution < -0.4 is 11.5 Å². The third-order valence-corrected chi connectivity index (χ3v) is 1.95. The van der Waals surface area contributed by atoms with Crippen LogP contribution in [-0.2, 0) is 0 Å². The highest BCUT2D eigenvalue weighted by Crippen LogP contribution is 2.23. The molecular weight excluding hydrogens is 249 g/mol. The second-order valence-electron chi connectivity index (χ2n) is 2.48. The summed E-state index contributed by atoms with van der Waals surface area (Å²) in [6, 6.07) is 3.91. The fourth-order valence-electron chi connectivity index (χ4n) is 0.983. The summed E-state index contributed by atoms with van der Waals surface area (Å²) in [5.41, 5.74) is 11.1. The lowest BCUT2D eigenvalue weighted by atomic mass is 10.1. The van der Waals surface area contributed by atoms with Crippen molar-refractivity contribution in [1.29, 1.82) is 0 Å². The first kappa shape index (κ1) is 16.4. The van der Waals surface area contributed by atoms with Gasteiger partial charge in [0.05, 0.1) is 0 Å². The lowest BCUT2D eigenvalue weighted by Gasteiger charge is -2.11. The van der Waals surface area contributed by atoms with Gasteiger partial charge in [-0.15, -0.1) is 24.8 Å². The van der Waals surface area contributed by atoms with Crippen molar-refractivity contribution in [3.05, 3.63) is 34.6 Å². The molecule has 82 valence electrons. The van der Waals surface area contributed by atoms with Gasteiger partial charge >= 0.3 is 0 Å². The van der Waals surface area contributed by atoms with Crippen LogP contribution in [0.4, 0.5) is 4.39 Å². The molecule has 0 radical (unpaired) electrons. The summed E-state index contributed by atoms with van der Waals surface area (Å²) in [6.45, 7) is 0.181. The van der Waals surface area contributed by atoms with Crippen molar-refractivity contribution < 1.29 is 4.39 Å². The van der Waals surface area contributed by atoms with Crippen LogP contribution in [0.1, 0.15) is 11.6 Å². The standard InChI is InChI=1S/C8H10ClFN2.2ClH/c9-5-2-1-3-6(10)8(5)7(12)4-11;;/h1-3,7H,4,11-12H2;2*1H/t7-;;/m1../s1. The largest absolute Gasteiger partial charge is 0.329 e. The van der Waals surface area contributed by atoms with Gasteiger partial charge in [0.1, 0.15) is 5.82 Å². The monoisotopic (exact) mass is 260 g/mol. The van der Waals surface area contributed by atoms with Crippen molar-refractivity contribution in [2.45, 2.75) is 6.04 Å². The zero-order chi connectivity index (χ0) is 9.14. The van der Waals surface area contributed by atoms with E-state index in [4.69, 9.17) is 23.1 Å². The van der Waals surface area contributed by atoms with Gasteiger partial charge in [-0.3, -0.25) is 0 Å². The highest BCUT2D eigenvalue weighted by molar-refractivity contribution is 6.31. The molecule has 1 aromatic rings. The van der Waals surface area contributed by atoms with E-state index in [0.29, 0.717) is 10.6 Å². The Balaban J connectivity index is 0. The number of halogens is 4. The van der Waals surface area contributed by atoms with Gasteiger partial charge in [-0.25, -0.2) is 4.39 Å². The van der Waals surface area contributed by atoms with Crippen molar-refractivity contribution in [3.63, 3.8) is 0 Å². The van der Waals surface area contributed by atoms with E-state index < -0.39 is 11.9 Å². The Morgan fingerprint density at radius 1 is 1.36 bits per heavy atom. The number of rotatable bonds is 2. The minimum Gasteiger partial charge on any atom is -0.329 e. The molecule has 0 amide bonds. The Morgan fingerprint density at radius 3 is 2.36 bits per heavy atom. The molecule has 0 bridgehead atoms. The van der Waals surface area contributed by atoms with E-state index >= 15 is 0 Å². The maximum absolute atomic E-state index is 13.1. The van der Waals surface area contributed by atoms with Gasteiger partial charge < -0.3 is 11.5 Å². The Bertz CT molecular complexity index is 263. The van der Waals surface area contributed by atoms with Gasteiger partial charge in [-0.1, -0.05) is 17.7 Å². The van der Waals surface area contributed by atoms with Crippen LogP contribution in [0.3, 0.4) is 0 Å². The van der Waals surface area contributed by atoms with Crippen LogP contribution in [0, 0.1) is 5.82 Å². The van der Waals surface area contributed by atoms with E-state index in [-0.39, 0.29) is 31.4 Å². The van der Waals surface area contributed by atoms with E-state index in [0.717, 1.165) is 0 Å². The molecule has 0 aromatic heterocycles. The molecule has 0 aliphatic rings. The normalized spacial score (nSPS) is 11.1. The lowest BCUT2D eigenvalue weighted by Crippen LogP contribution is -2.22. The first-order valence-electron chi connectivity index (χ1n) is 3.56. The van der Waals surface area contributed by atoms with Crippen LogP contribution in [0.2, 0.25) is 5.02 Å². The first-order chi connectivity index (χ1) is 5.66. The maximum Gasteiger partial charge on any atom is 0.129 e. The zero-order valence-electron chi connectivity index (χ0n) is 7.24. The molecule has 0 aliphatic carbocycles. The molecule has 0 spiro atoms. The summed E-state index contributed by atoms with van der Waals surface area (Å²) in [4.78, 5) is 0. The van der Waals surface area contributed by atoms with Gasteiger partial charge in [0.25, 0.3) is 0 Å². The van der Waals surface area contributed by atoms with E-state index in [2.05, 4.69) is 0 Å². The molecule has 4 N–H and O–H groups in total. The molecule has 0 aliphatic heterocycles. The summed E-state index contributed by atoms with van der Waals surface area (Å²) in [5, 5.41) is 0.327. The third kappa shape index (κ3) is 3.59. The Kier molecular flexibility index (Phi) is 8.49. The Morgan fingerprint density at radius 2 is 1.93 bits per heavy atom. The van der Waals surface area contributed by atoms with Gasteiger partial charge in [0, 0.05) is 23.2 Å². The van der Waals surface area contributed by atoms with Gasteiger partial charge in [0.15, 0.2) is 0 Å². The maximum atomic E-state index is 13.1. The molecule has 0 heterocycles. The van der Waals surface area contributed by atoms with Gasteiger partial charge in [-0.2, -0.15) is 0 Å². The summed E-state index contributed by atoms with van der Waals surface area (Å²) in [6.07, 6.45) is 0. The Hall–Kier alpha value is -0.0600. The highest BCUT2D eigenvalue weighted by Gasteiger charge is 2.12. The number of hydrogen-bond acceptors (Lipinski definition) is 2. The predicted molar refractivity (Wildman–Crippen MR) is 61.9 cm³/mol. The number of benzene rings is 1. The summed E-state index contributed by atoms with van der Waals surface area (Å²) >= 11 is 5.73. The second kappa shape index (κ2) is 7.26. The average Bonchev–Trinajstić information content (AvgIpc) is 2.03. The smallest absolute Gasteiger partial charge is 0.129 e. The van der Waals surface area contributed by atoms with Gasteiger partial charge in [-0.05, 0) is 12.1 Å². The molecule has 1 atom stereocenters. The number of nitrogens with two attached hydrogens (primary N) is 2. The molecule has 14 heavy (non-hydrogen) atoms. The molecule has 2 nitrogen and oxygen atoms in total. The van der Waals surface area contributed by atoms with Crippen LogP contribution in [0.25, 0.3) is 0 Å². The first-order valence-corrected chi connectivity index (χ1v) is 3.94. The van der Waals surface area contributed by atoms with E-state index in [1.807, 2.05) is 0 Å². The zero-order valence-corrected chi connectivity index (χ0v) is 9.63. The fraction of sp³-hybridized carbons (Fsp3) is 0.250.